The Hall–Kier alpha value is -3.48. The Morgan fingerprint density at radius 1 is 1.07 bits per heavy atom. The molecule has 226 valence electrons. The van der Waals surface area contributed by atoms with Crippen LogP contribution in [0.1, 0.15) is 46.2 Å². The number of nitrogens with zero attached hydrogens (tertiary/aromatic N) is 6. The molecule has 3 aromatic heterocycles. The number of aromatic nitrogens is 5. The van der Waals surface area contributed by atoms with Crippen molar-refractivity contribution in [2.45, 2.75) is 58.9 Å². The van der Waals surface area contributed by atoms with Gasteiger partial charge in [0.25, 0.3) is 0 Å². The molecular formula is C29H34ClF3N6O3. The van der Waals surface area contributed by atoms with Gasteiger partial charge < -0.3 is 19.3 Å². The van der Waals surface area contributed by atoms with Crippen LogP contribution < -0.4 is 4.74 Å². The minimum absolute atomic E-state index is 0.0465. The number of halogens is 4. The molecule has 13 heteroatoms. The van der Waals surface area contributed by atoms with Crippen molar-refractivity contribution < 1.29 is 27.5 Å². The Morgan fingerprint density at radius 2 is 1.79 bits per heavy atom. The van der Waals surface area contributed by atoms with Crippen molar-refractivity contribution in [3.63, 3.8) is 0 Å². The lowest BCUT2D eigenvalue weighted by Gasteiger charge is -2.18. The first-order valence-electron chi connectivity index (χ1n) is 13.7. The van der Waals surface area contributed by atoms with Gasteiger partial charge in [-0.25, -0.2) is 9.97 Å². The van der Waals surface area contributed by atoms with E-state index in [9.17, 15) is 18.3 Å². The van der Waals surface area contributed by atoms with E-state index in [-0.39, 0.29) is 46.4 Å². The fourth-order valence-corrected chi connectivity index (χ4v) is 4.78. The van der Waals surface area contributed by atoms with Crippen LogP contribution in [0.5, 0.6) is 5.75 Å². The van der Waals surface area contributed by atoms with Crippen LogP contribution in [-0.4, -0.2) is 66.8 Å². The number of aryl methyl sites for hydroxylation is 1. The summed E-state index contributed by atoms with van der Waals surface area (Å²) in [6.07, 6.45) is 0.0569. The maximum atomic E-state index is 14.4. The van der Waals surface area contributed by atoms with Crippen LogP contribution in [0.4, 0.5) is 13.2 Å². The monoisotopic (exact) mass is 606 g/mol. The van der Waals surface area contributed by atoms with Crippen LogP contribution >= 0.6 is 11.6 Å². The molecule has 1 aromatic carbocycles. The van der Waals surface area contributed by atoms with Crippen molar-refractivity contribution in [2.75, 3.05) is 26.2 Å². The third-order valence-electron chi connectivity index (χ3n) is 6.76. The molecule has 0 bridgehead atoms. The summed E-state index contributed by atoms with van der Waals surface area (Å²) in [4.78, 5) is 10.8. The minimum atomic E-state index is -4.79. The molecule has 4 rings (SSSR count). The number of benzene rings is 1. The number of ether oxygens (including phenoxy) is 1. The van der Waals surface area contributed by atoms with Gasteiger partial charge in [-0.1, -0.05) is 42.7 Å². The molecule has 0 amide bonds. The summed E-state index contributed by atoms with van der Waals surface area (Å²) in [5, 5.41) is 18.5. The molecule has 0 aliphatic rings. The van der Waals surface area contributed by atoms with Crippen LogP contribution in [0, 0.1) is 0 Å². The van der Waals surface area contributed by atoms with E-state index in [2.05, 4.69) is 39.0 Å². The summed E-state index contributed by atoms with van der Waals surface area (Å²) in [5.41, 5.74) is -1.89. The first kappa shape index (κ1) is 31.5. The average molecular weight is 607 g/mol. The van der Waals surface area contributed by atoms with E-state index >= 15 is 0 Å². The van der Waals surface area contributed by atoms with Gasteiger partial charge in [0.05, 0.1) is 34.6 Å². The van der Waals surface area contributed by atoms with E-state index in [1.165, 1.54) is 26.2 Å². The number of hydrogen-bond acceptors (Lipinski definition) is 8. The van der Waals surface area contributed by atoms with E-state index in [0.717, 1.165) is 36.9 Å². The van der Waals surface area contributed by atoms with Crippen molar-refractivity contribution in [2.24, 2.45) is 0 Å². The standard InChI is InChI=1S/C29H34ClF3N6O3/c1-5-38(6-2)15-9-17-41-21-11-7-10-19(23(21)30)24-22(27-34-13-8-14-35-27)25(42-37-24)20-18-36-39(16-12-28(3,4)40)26(20)29(31,32)33/h7-8,10-11,13-14,18,40H,5-6,9,12,15-17H2,1-4H3. The Bertz CT molecular complexity index is 1460. The molecule has 9 nitrogen and oxygen atoms in total. The molecule has 0 fully saturated rings. The third kappa shape index (κ3) is 7.29. The predicted octanol–water partition coefficient (Wildman–Crippen LogP) is 6.61. The van der Waals surface area contributed by atoms with Gasteiger partial charge >= 0.3 is 6.18 Å². The maximum absolute atomic E-state index is 14.4. The summed E-state index contributed by atoms with van der Waals surface area (Å²) in [6.45, 7) is 10.3. The summed E-state index contributed by atoms with van der Waals surface area (Å²) in [7, 11) is 0. The topological polar surface area (TPSA) is 102 Å². The van der Waals surface area contributed by atoms with Crippen LogP contribution in [0.2, 0.25) is 5.02 Å². The first-order valence-corrected chi connectivity index (χ1v) is 14.1. The SMILES string of the molecule is CCN(CC)CCCOc1cccc(-c2noc(-c3cnn(CCC(C)(C)O)c3C(F)(F)F)c2-c2ncccn2)c1Cl. The zero-order valence-electron chi connectivity index (χ0n) is 24.0. The van der Waals surface area contributed by atoms with Crippen molar-refractivity contribution in [1.29, 1.82) is 0 Å². The van der Waals surface area contributed by atoms with Crippen LogP contribution in [-0.2, 0) is 12.7 Å². The molecule has 0 unspecified atom stereocenters. The molecule has 0 atom stereocenters. The van der Waals surface area contributed by atoms with E-state index in [1.807, 2.05) is 0 Å². The highest BCUT2D eigenvalue weighted by atomic mass is 35.5. The van der Waals surface area contributed by atoms with Crippen molar-refractivity contribution >= 4 is 11.6 Å². The van der Waals surface area contributed by atoms with Gasteiger partial charge in [0.15, 0.2) is 17.3 Å². The summed E-state index contributed by atoms with van der Waals surface area (Å²) >= 11 is 6.77. The number of alkyl halides is 3. The van der Waals surface area contributed by atoms with Gasteiger partial charge in [0, 0.05) is 31.0 Å². The number of hydrogen-bond donors (Lipinski definition) is 1. The maximum Gasteiger partial charge on any atom is 0.433 e. The predicted molar refractivity (Wildman–Crippen MR) is 153 cm³/mol. The molecule has 0 saturated carbocycles. The normalized spacial score (nSPS) is 12.3. The van der Waals surface area contributed by atoms with Gasteiger partial charge in [-0.15, -0.1) is 0 Å². The molecule has 0 spiro atoms. The lowest BCUT2D eigenvalue weighted by atomic mass is 10.0. The second-order valence-electron chi connectivity index (χ2n) is 10.3. The number of rotatable bonds is 13. The molecule has 1 N–H and O–H groups in total. The Morgan fingerprint density at radius 3 is 2.43 bits per heavy atom. The van der Waals surface area contributed by atoms with E-state index in [0.29, 0.717) is 17.9 Å². The molecule has 0 aliphatic heterocycles. The quantitative estimate of drug-likeness (QED) is 0.170. The molecular weight excluding hydrogens is 573 g/mol. The lowest BCUT2D eigenvalue weighted by Crippen LogP contribution is -2.25. The first-order chi connectivity index (χ1) is 19.9. The highest BCUT2D eigenvalue weighted by Gasteiger charge is 2.41. The summed E-state index contributed by atoms with van der Waals surface area (Å²) in [5.74, 6) is 0.302. The Kier molecular flexibility index (Phi) is 9.90. The van der Waals surface area contributed by atoms with Crippen LogP contribution in [0.25, 0.3) is 34.0 Å². The molecule has 3 heterocycles. The van der Waals surface area contributed by atoms with Crippen molar-refractivity contribution in [1.82, 2.24) is 29.8 Å². The molecule has 0 saturated heterocycles. The second-order valence-corrected chi connectivity index (χ2v) is 10.7. The largest absolute Gasteiger partial charge is 0.492 e. The fraction of sp³-hybridized carbons (Fsp3) is 0.448. The van der Waals surface area contributed by atoms with Gasteiger partial charge in [-0.3, -0.25) is 4.68 Å². The van der Waals surface area contributed by atoms with Gasteiger partial charge in [-0.05, 0) is 51.9 Å². The van der Waals surface area contributed by atoms with Crippen molar-refractivity contribution in [3.05, 3.63) is 53.6 Å². The van der Waals surface area contributed by atoms with Crippen molar-refractivity contribution in [3.8, 4) is 39.7 Å². The smallest absolute Gasteiger partial charge is 0.433 e. The Balaban J connectivity index is 1.77. The summed E-state index contributed by atoms with van der Waals surface area (Å²) < 4.78 is 55.6. The Labute approximate surface area is 247 Å². The summed E-state index contributed by atoms with van der Waals surface area (Å²) in [6, 6.07) is 6.71. The zero-order valence-corrected chi connectivity index (χ0v) is 24.7. The third-order valence-corrected chi connectivity index (χ3v) is 7.15. The van der Waals surface area contributed by atoms with Gasteiger partial charge in [-0.2, -0.15) is 18.3 Å². The second kappa shape index (κ2) is 13.2. The molecule has 0 radical (unpaired) electrons. The molecule has 0 aliphatic carbocycles. The van der Waals surface area contributed by atoms with Crippen LogP contribution in [0.15, 0.2) is 47.4 Å². The highest BCUT2D eigenvalue weighted by molar-refractivity contribution is 6.35. The average Bonchev–Trinajstić information content (AvgIpc) is 3.57. The fourth-order valence-electron chi connectivity index (χ4n) is 4.51. The molecule has 42 heavy (non-hydrogen) atoms. The minimum Gasteiger partial charge on any atom is -0.492 e. The van der Waals surface area contributed by atoms with Gasteiger partial charge in [0.2, 0.25) is 0 Å². The lowest BCUT2D eigenvalue weighted by molar-refractivity contribution is -0.144. The number of aliphatic hydroxyl groups is 1. The highest BCUT2D eigenvalue weighted by Crippen LogP contribution is 2.46. The van der Waals surface area contributed by atoms with E-state index in [4.69, 9.17) is 20.9 Å². The molecule has 4 aromatic rings. The van der Waals surface area contributed by atoms with E-state index in [1.54, 1.807) is 24.3 Å². The zero-order chi connectivity index (χ0) is 30.5. The van der Waals surface area contributed by atoms with Gasteiger partial charge in [0.1, 0.15) is 11.4 Å². The van der Waals surface area contributed by atoms with Crippen LogP contribution in [0.3, 0.4) is 0 Å². The van der Waals surface area contributed by atoms with E-state index < -0.39 is 17.5 Å².